The molecule has 1 atom stereocenters. The molecule has 0 N–H and O–H groups in total. The Labute approximate surface area is 153 Å². The second-order valence-corrected chi connectivity index (χ2v) is 7.48. The molecule has 0 radical (unpaired) electrons. The van der Waals surface area contributed by atoms with Crippen molar-refractivity contribution in [2.24, 2.45) is 5.92 Å². The number of thioether (sulfide) groups is 1. The Hall–Kier alpha value is -1.37. The number of hydrogen-bond acceptors (Lipinski definition) is 5. The van der Waals surface area contributed by atoms with Crippen molar-refractivity contribution in [3.63, 3.8) is 0 Å². The van der Waals surface area contributed by atoms with Gasteiger partial charge in [-0.15, -0.1) is 11.8 Å². The summed E-state index contributed by atoms with van der Waals surface area (Å²) in [6.07, 6.45) is 3.87. The molecule has 0 bridgehead atoms. The number of rotatable bonds is 5. The van der Waals surface area contributed by atoms with Gasteiger partial charge in [-0.3, -0.25) is 14.5 Å². The molecule has 2 fully saturated rings. The van der Waals surface area contributed by atoms with Crippen molar-refractivity contribution in [2.75, 3.05) is 52.2 Å². The molecule has 25 heavy (non-hydrogen) atoms. The zero-order valence-corrected chi connectivity index (χ0v) is 15.6. The van der Waals surface area contributed by atoms with E-state index in [9.17, 15) is 9.59 Å². The first kappa shape index (κ1) is 18.4. The minimum atomic E-state index is -0.0143. The Kier molecular flexibility index (Phi) is 6.51. The SMILES string of the molecule is CSc1ccccc1C(=O)[C@@H]1CCCN(CC(=O)N2CCOCC2)C1. The van der Waals surface area contributed by atoms with E-state index in [0.717, 1.165) is 29.8 Å². The zero-order valence-electron chi connectivity index (χ0n) is 14.8. The summed E-state index contributed by atoms with van der Waals surface area (Å²) in [6.45, 7) is 4.58. The Morgan fingerprint density at radius 3 is 2.72 bits per heavy atom. The molecular weight excluding hydrogens is 336 g/mol. The zero-order chi connectivity index (χ0) is 17.6. The number of hydrogen-bond donors (Lipinski definition) is 0. The fraction of sp³-hybridized carbons (Fsp3) is 0.579. The van der Waals surface area contributed by atoms with Crippen LogP contribution in [0.2, 0.25) is 0 Å². The molecule has 2 aliphatic rings. The second kappa shape index (κ2) is 8.83. The average Bonchev–Trinajstić information content (AvgIpc) is 2.68. The van der Waals surface area contributed by atoms with Crippen LogP contribution in [0.4, 0.5) is 0 Å². The van der Waals surface area contributed by atoms with Gasteiger partial charge in [0.1, 0.15) is 0 Å². The summed E-state index contributed by atoms with van der Waals surface area (Å²) in [6, 6.07) is 7.82. The fourth-order valence-corrected chi connectivity index (χ4v) is 4.19. The van der Waals surface area contributed by atoms with Crippen LogP contribution in [0.3, 0.4) is 0 Å². The summed E-state index contributed by atoms with van der Waals surface area (Å²) in [7, 11) is 0. The maximum Gasteiger partial charge on any atom is 0.236 e. The Morgan fingerprint density at radius 1 is 1.20 bits per heavy atom. The summed E-state index contributed by atoms with van der Waals surface area (Å²) in [4.78, 5) is 30.5. The Morgan fingerprint density at radius 2 is 1.96 bits per heavy atom. The molecule has 3 rings (SSSR count). The highest BCUT2D eigenvalue weighted by Gasteiger charge is 2.29. The molecule has 136 valence electrons. The van der Waals surface area contributed by atoms with Gasteiger partial charge >= 0.3 is 0 Å². The number of morpholine rings is 1. The van der Waals surface area contributed by atoms with Crippen LogP contribution < -0.4 is 0 Å². The second-order valence-electron chi connectivity index (χ2n) is 6.63. The first-order valence-electron chi connectivity index (χ1n) is 8.94. The van der Waals surface area contributed by atoms with Crippen molar-refractivity contribution in [3.05, 3.63) is 29.8 Å². The van der Waals surface area contributed by atoms with Gasteiger partial charge in [0.15, 0.2) is 5.78 Å². The average molecular weight is 362 g/mol. The van der Waals surface area contributed by atoms with E-state index in [1.54, 1.807) is 11.8 Å². The molecule has 6 heteroatoms. The molecular formula is C19H26N2O3S. The van der Waals surface area contributed by atoms with E-state index in [1.807, 2.05) is 35.4 Å². The molecule has 1 aromatic rings. The van der Waals surface area contributed by atoms with Crippen molar-refractivity contribution < 1.29 is 14.3 Å². The summed E-state index contributed by atoms with van der Waals surface area (Å²) < 4.78 is 5.31. The third-order valence-corrected chi connectivity index (χ3v) is 5.77. The highest BCUT2D eigenvalue weighted by atomic mass is 32.2. The topological polar surface area (TPSA) is 49.9 Å². The Balaban J connectivity index is 1.60. The van der Waals surface area contributed by atoms with Crippen LogP contribution in [0.15, 0.2) is 29.2 Å². The van der Waals surface area contributed by atoms with Crippen LogP contribution in [-0.4, -0.2) is 73.7 Å². The smallest absolute Gasteiger partial charge is 0.236 e. The van der Waals surface area contributed by atoms with Crippen LogP contribution in [0.5, 0.6) is 0 Å². The first-order chi connectivity index (χ1) is 12.2. The predicted octanol–water partition coefficient (Wildman–Crippen LogP) is 2.16. The monoisotopic (exact) mass is 362 g/mol. The molecule has 2 saturated heterocycles. The lowest BCUT2D eigenvalue weighted by Gasteiger charge is -2.34. The molecule has 0 aliphatic carbocycles. The number of Topliss-reactive ketones (excluding diaryl/α,β-unsaturated/α-hetero) is 1. The van der Waals surface area contributed by atoms with E-state index in [1.165, 1.54) is 0 Å². The highest BCUT2D eigenvalue weighted by molar-refractivity contribution is 7.98. The van der Waals surface area contributed by atoms with Gasteiger partial charge < -0.3 is 9.64 Å². The quantitative estimate of drug-likeness (QED) is 0.593. The van der Waals surface area contributed by atoms with E-state index in [4.69, 9.17) is 4.74 Å². The van der Waals surface area contributed by atoms with Gasteiger partial charge in [0, 0.05) is 36.0 Å². The highest BCUT2D eigenvalue weighted by Crippen LogP contribution is 2.26. The van der Waals surface area contributed by atoms with Crippen LogP contribution in [-0.2, 0) is 9.53 Å². The lowest BCUT2D eigenvalue weighted by atomic mass is 9.90. The van der Waals surface area contributed by atoms with E-state index in [0.29, 0.717) is 39.4 Å². The summed E-state index contributed by atoms with van der Waals surface area (Å²) in [5.74, 6) is 0.355. The molecule has 0 spiro atoms. The van der Waals surface area contributed by atoms with Crippen molar-refractivity contribution in [2.45, 2.75) is 17.7 Å². The molecule has 2 heterocycles. The van der Waals surface area contributed by atoms with Gasteiger partial charge in [-0.1, -0.05) is 18.2 Å². The van der Waals surface area contributed by atoms with Gasteiger partial charge in [0.25, 0.3) is 0 Å². The number of piperidine rings is 1. The third-order valence-electron chi connectivity index (χ3n) is 4.97. The van der Waals surface area contributed by atoms with Crippen LogP contribution >= 0.6 is 11.8 Å². The lowest BCUT2D eigenvalue weighted by molar-refractivity contribution is -0.136. The number of benzene rings is 1. The molecule has 2 aliphatic heterocycles. The molecule has 1 aromatic carbocycles. The summed E-state index contributed by atoms with van der Waals surface area (Å²) in [5.41, 5.74) is 0.821. The molecule has 1 amide bonds. The van der Waals surface area contributed by atoms with E-state index >= 15 is 0 Å². The fourth-order valence-electron chi connectivity index (χ4n) is 3.59. The predicted molar refractivity (Wildman–Crippen MR) is 99.1 cm³/mol. The molecule has 0 aromatic heterocycles. The maximum absolute atomic E-state index is 13.0. The van der Waals surface area contributed by atoms with Crippen molar-refractivity contribution in [3.8, 4) is 0 Å². The number of ether oxygens (including phenoxy) is 1. The maximum atomic E-state index is 13.0. The lowest BCUT2D eigenvalue weighted by Crippen LogP contribution is -2.48. The van der Waals surface area contributed by atoms with Crippen molar-refractivity contribution >= 4 is 23.5 Å². The van der Waals surface area contributed by atoms with E-state index in [2.05, 4.69) is 4.90 Å². The standard InChI is InChI=1S/C19H26N2O3S/c1-25-17-7-3-2-6-16(17)19(23)15-5-4-8-20(13-15)14-18(22)21-9-11-24-12-10-21/h2-3,6-7,15H,4-5,8-14H2,1H3/t15-/m1/s1. The van der Waals surface area contributed by atoms with Crippen LogP contribution in [0.1, 0.15) is 23.2 Å². The first-order valence-corrected chi connectivity index (χ1v) is 10.2. The van der Waals surface area contributed by atoms with Gasteiger partial charge in [-0.25, -0.2) is 0 Å². The summed E-state index contributed by atoms with van der Waals surface area (Å²) in [5, 5.41) is 0. The normalized spacial score (nSPS) is 22.0. The van der Waals surface area contributed by atoms with Gasteiger partial charge in [-0.2, -0.15) is 0 Å². The van der Waals surface area contributed by atoms with Gasteiger partial charge in [-0.05, 0) is 31.7 Å². The van der Waals surface area contributed by atoms with E-state index < -0.39 is 0 Å². The third kappa shape index (κ3) is 4.63. The number of amides is 1. The molecule has 0 saturated carbocycles. The van der Waals surface area contributed by atoms with Crippen LogP contribution in [0, 0.1) is 5.92 Å². The van der Waals surface area contributed by atoms with Crippen molar-refractivity contribution in [1.82, 2.24) is 9.80 Å². The number of carbonyl (C=O) groups excluding carboxylic acids is 2. The van der Waals surface area contributed by atoms with Gasteiger partial charge in [0.05, 0.1) is 19.8 Å². The number of carbonyl (C=O) groups is 2. The number of ketones is 1. The van der Waals surface area contributed by atoms with Crippen LogP contribution in [0.25, 0.3) is 0 Å². The number of nitrogens with zero attached hydrogens (tertiary/aromatic N) is 2. The van der Waals surface area contributed by atoms with Crippen molar-refractivity contribution in [1.29, 1.82) is 0 Å². The minimum absolute atomic E-state index is 0.0143. The number of likely N-dealkylation sites (tertiary alicyclic amines) is 1. The minimum Gasteiger partial charge on any atom is -0.378 e. The largest absolute Gasteiger partial charge is 0.378 e. The molecule has 0 unspecified atom stereocenters. The van der Waals surface area contributed by atoms with Gasteiger partial charge in [0.2, 0.25) is 5.91 Å². The van der Waals surface area contributed by atoms with E-state index in [-0.39, 0.29) is 17.6 Å². The Bertz CT molecular complexity index is 616. The molecule has 5 nitrogen and oxygen atoms in total. The summed E-state index contributed by atoms with van der Waals surface area (Å²) >= 11 is 1.61.